The molecule has 1 aliphatic carbocycles. The van der Waals surface area contributed by atoms with E-state index in [4.69, 9.17) is 0 Å². The number of rotatable bonds is 8. The van der Waals surface area contributed by atoms with Crippen LogP contribution < -0.4 is 5.32 Å². The molecule has 1 fully saturated rings. The van der Waals surface area contributed by atoms with Gasteiger partial charge in [0.1, 0.15) is 0 Å². The van der Waals surface area contributed by atoms with Gasteiger partial charge in [-0.1, -0.05) is 37.2 Å². The van der Waals surface area contributed by atoms with Gasteiger partial charge in [0.2, 0.25) is 11.1 Å². The minimum Gasteiger partial charge on any atom is -0.349 e. The molecule has 1 amide bonds. The molecular formula is C17H20F3N5OS. The highest BCUT2D eigenvalue weighted by atomic mass is 32.2. The molecule has 0 radical (unpaired) electrons. The molecule has 3 rings (SSSR count). The van der Waals surface area contributed by atoms with E-state index in [1.807, 2.05) is 6.92 Å². The molecule has 1 heterocycles. The van der Waals surface area contributed by atoms with E-state index < -0.39 is 17.8 Å². The summed E-state index contributed by atoms with van der Waals surface area (Å²) < 4.78 is 40.6. The van der Waals surface area contributed by atoms with Crippen LogP contribution in [0, 0.1) is 0 Å². The van der Waals surface area contributed by atoms with Crippen molar-refractivity contribution in [2.75, 3.05) is 5.75 Å². The minimum atomic E-state index is -4.41. The van der Waals surface area contributed by atoms with Crippen molar-refractivity contribution in [2.24, 2.45) is 0 Å². The number of thioether (sulfide) groups is 1. The highest BCUT2D eigenvalue weighted by molar-refractivity contribution is 7.99. The molecule has 0 saturated heterocycles. The van der Waals surface area contributed by atoms with Crippen LogP contribution >= 0.6 is 11.8 Å². The first-order valence-electron chi connectivity index (χ1n) is 8.75. The average molecular weight is 399 g/mol. The summed E-state index contributed by atoms with van der Waals surface area (Å²) in [6.45, 7) is 1.92. The molecule has 1 N–H and O–H groups in total. The molecule has 0 spiro atoms. The Bertz CT molecular complexity index is 791. The third-order valence-electron chi connectivity index (χ3n) is 4.22. The number of amides is 1. The van der Waals surface area contributed by atoms with Crippen molar-refractivity contribution in [3.63, 3.8) is 0 Å². The van der Waals surface area contributed by atoms with Crippen LogP contribution in [0.5, 0.6) is 0 Å². The number of nitrogens with zero attached hydrogens (tertiary/aromatic N) is 4. The normalized spacial score (nSPS) is 15.6. The van der Waals surface area contributed by atoms with Gasteiger partial charge in [0.05, 0.1) is 23.4 Å². The lowest BCUT2D eigenvalue weighted by Gasteiger charge is -2.20. The lowest BCUT2D eigenvalue weighted by molar-refractivity contribution is -0.137. The fourth-order valence-corrected chi connectivity index (χ4v) is 3.49. The Hall–Kier alpha value is -2.10. The molecular weight excluding hydrogens is 379 g/mol. The first kappa shape index (κ1) is 19.7. The van der Waals surface area contributed by atoms with E-state index in [9.17, 15) is 18.0 Å². The van der Waals surface area contributed by atoms with Gasteiger partial charge >= 0.3 is 6.18 Å². The van der Waals surface area contributed by atoms with Crippen LogP contribution in [-0.4, -0.2) is 31.9 Å². The van der Waals surface area contributed by atoms with Crippen LogP contribution in [0.4, 0.5) is 13.2 Å². The summed E-state index contributed by atoms with van der Waals surface area (Å²) in [7, 11) is 0. The van der Waals surface area contributed by atoms with Gasteiger partial charge in [0, 0.05) is 0 Å². The number of carbonyl (C=O) groups is 1. The average Bonchev–Trinajstić information content (AvgIpc) is 3.37. The number of tetrazole rings is 1. The Labute approximate surface area is 158 Å². The summed E-state index contributed by atoms with van der Waals surface area (Å²) in [5.41, 5.74) is -0.263. The quantitative estimate of drug-likeness (QED) is 0.684. The van der Waals surface area contributed by atoms with Crippen molar-refractivity contribution < 1.29 is 18.0 Å². The molecule has 1 atom stereocenters. The van der Waals surface area contributed by atoms with E-state index >= 15 is 0 Å². The monoisotopic (exact) mass is 399 g/mol. The van der Waals surface area contributed by atoms with Crippen LogP contribution in [0.1, 0.15) is 55.8 Å². The van der Waals surface area contributed by atoms with Crippen molar-refractivity contribution in [1.82, 2.24) is 25.5 Å². The van der Waals surface area contributed by atoms with E-state index in [1.54, 1.807) is 10.7 Å². The second-order valence-electron chi connectivity index (χ2n) is 6.46. The van der Waals surface area contributed by atoms with Gasteiger partial charge in [-0.05, 0) is 47.4 Å². The van der Waals surface area contributed by atoms with Gasteiger partial charge in [0.25, 0.3) is 0 Å². The van der Waals surface area contributed by atoms with E-state index in [1.165, 1.54) is 17.8 Å². The summed E-state index contributed by atoms with van der Waals surface area (Å²) in [5, 5.41) is 14.9. The first-order chi connectivity index (χ1) is 12.9. The summed E-state index contributed by atoms with van der Waals surface area (Å²) in [4.78, 5) is 12.3. The Kier molecular flexibility index (Phi) is 6.03. The van der Waals surface area contributed by atoms with Gasteiger partial charge in [-0.3, -0.25) is 4.79 Å². The van der Waals surface area contributed by atoms with Crippen molar-refractivity contribution in [1.29, 1.82) is 0 Å². The van der Waals surface area contributed by atoms with Gasteiger partial charge in [-0.2, -0.15) is 13.2 Å². The number of halogens is 3. The lowest BCUT2D eigenvalue weighted by atomic mass is 10.00. The standard InChI is InChI=1S/C17H20F3N5OS/c1-2-4-14(11-5-3-6-12(9-11)17(18,19)20)21-15(26)10-27-16-22-23-24-25(16)13-7-8-13/h3,5-6,9,13-14H,2,4,7-8,10H2,1H3,(H,21,26). The van der Waals surface area contributed by atoms with Crippen LogP contribution in [0.3, 0.4) is 0 Å². The van der Waals surface area contributed by atoms with Gasteiger partial charge < -0.3 is 5.32 Å². The van der Waals surface area contributed by atoms with Crippen LogP contribution in [0.15, 0.2) is 29.4 Å². The summed E-state index contributed by atoms with van der Waals surface area (Å²) in [5.74, 6) is -0.159. The molecule has 1 saturated carbocycles. The van der Waals surface area contributed by atoms with Crippen molar-refractivity contribution in [3.8, 4) is 0 Å². The maximum absolute atomic E-state index is 13.0. The predicted octanol–water partition coefficient (Wildman–Crippen LogP) is 3.78. The van der Waals surface area contributed by atoms with Gasteiger partial charge in [0.15, 0.2) is 0 Å². The predicted molar refractivity (Wildman–Crippen MR) is 94.0 cm³/mol. The van der Waals surface area contributed by atoms with Crippen molar-refractivity contribution in [3.05, 3.63) is 35.4 Å². The zero-order chi connectivity index (χ0) is 19.4. The van der Waals surface area contributed by atoms with Crippen LogP contribution in [0.2, 0.25) is 0 Å². The number of benzene rings is 1. The number of hydrogen-bond acceptors (Lipinski definition) is 5. The zero-order valence-corrected chi connectivity index (χ0v) is 15.6. The largest absolute Gasteiger partial charge is 0.416 e. The Morgan fingerprint density at radius 3 is 2.85 bits per heavy atom. The molecule has 0 bridgehead atoms. The summed E-state index contributed by atoms with van der Waals surface area (Å²) in [6.07, 6.45) is -1.07. The number of alkyl halides is 3. The molecule has 146 valence electrons. The number of nitrogens with one attached hydrogen (secondary N) is 1. The highest BCUT2D eigenvalue weighted by Crippen LogP contribution is 2.36. The highest BCUT2D eigenvalue weighted by Gasteiger charge is 2.31. The summed E-state index contributed by atoms with van der Waals surface area (Å²) in [6, 6.07) is 4.94. The molecule has 1 aromatic carbocycles. The smallest absolute Gasteiger partial charge is 0.349 e. The molecule has 27 heavy (non-hydrogen) atoms. The lowest BCUT2D eigenvalue weighted by Crippen LogP contribution is -2.30. The maximum atomic E-state index is 13.0. The SMILES string of the molecule is CCCC(NC(=O)CSc1nnnn1C1CC1)c1cccc(C(F)(F)F)c1. The second kappa shape index (κ2) is 8.28. The van der Waals surface area contributed by atoms with E-state index in [2.05, 4.69) is 20.8 Å². The fourth-order valence-electron chi connectivity index (χ4n) is 2.74. The van der Waals surface area contributed by atoms with Crippen molar-refractivity contribution in [2.45, 2.75) is 56.0 Å². The maximum Gasteiger partial charge on any atom is 0.416 e. The van der Waals surface area contributed by atoms with E-state index in [-0.39, 0.29) is 11.7 Å². The fraction of sp³-hybridized carbons (Fsp3) is 0.529. The molecule has 10 heteroatoms. The third kappa shape index (κ3) is 5.21. The Morgan fingerprint density at radius 1 is 1.41 bits per heavy atom. The third-order valence-corrected chi connectivity index (χ3v) is 5.15. The number of hydrogen-bond donors (Lipinski definition) is 1. The Balaban J connectivity index is 1.63. The molecule has 1 aromatic heterocycles. The molecule has 2 aromatic rings. The van der Waals surface area contributed by atoms with Crippen LogP contribution in [0.25, 0.3) is 0 Å². The van der Waals surface area contributed by atoms with Gasteiger partial charge in [-0.25, -0.2) is 4.68 Å². The van der Waals surface area contributed by atoms with Gasteiger partial charge in [-0.15, -0.1) is 5.10 Å². The van der Waals surface area contributed by atoms with E-state index in [0.717, 1.165) is 31.4 Å². The number of carbonyl (C=O) groups excluding carboxylic acids is 1. The van der Waals surface area contributed by atoms with E-state index in [0.29, 0.717) is 23.2 Å². The molecule has 0 aliphatic heterocycles. The molecule has 1 aliphatic rings. The van der Waals surface area contributed by atoms with Crippen molar-refractivity contribution >= 4 is 17.7 Å². The first-order valence-corrected chi connectivity index (χ1v) is 9.74. The zero-order valence-electron chi connectivity index (χ0n) is 14.7. The minimum absolute atomic E-state index is 0.103. The topological polar surface area (TPSA) is 72.7 Å². The molecule has 6 nitrogen and oxygen atoms in total. The molecule has 1 unspecified atom stereocenters. The van der Waals surface area contributed by atoms with Crippen LogP contribution in [-0.2, 0) is 11.0 Å². The summed E-state index contributed by atoms with van der Waals surface area (Å²) >= 11 is 1.23. The number of aromatic nitrogens is 4. The second-order valence-corrected chi connectivity index (χ2v) is 7.40. The Morgan fingerprint density at radius 2 is 2.19 bits per heavy atom.